The zero-order valence-electron chi connectivity index (χ0n) is 9.16. The summed E-state index contributed by atoms with van der Waals surface area (Å²) in [5, 5.41) is -0.173. The van der Waals surface area contributed by atoms with Gasteiger partial charge < -0.3 is 0 Å². The second kappa shape index (κ2) is 5.09. The molecule has 0 aliphatic heterocycles. The highest BCUT2D eigenvalue weighted by Crippen LogP contribution is 2.25. The molecule has 15 heavy (non-hydrogen) atoms. The van der Waals surface area contributed by atoms with Crippen molar-refractivity contribution in [2.24, 2.45) is 0 Å². The smallest absolute Gasteiger partial charge is 0.209 e. The normalized spacial score (nSPS) is 12.5. The summed E-state index contributed by atoms with van der Waals surface area (Å²) in [5.41, 5.74) is 0. The van der Waals surface area contributed by atoms with Crippen LogP contribution in [0.2, 0.25) is 0 Å². The third-order valence-corrected chi connectivity index (χ3v) is 3.26. The van der Waals surface area contributed by atoms with E-state index in [1.54, 1.807) is 13.8 Å². The van der Waals surface area contributed by atoms with Crippen LogP contribution in [0.1, 0.15) is 20.8 Å². The first-order chi connectivity index (χ1) is 6.54. The molecule has 0 aliphatic carbocycles. The Bertz CT molecular complexity index is 359. The maximum atomic E-state index is 11.5. The average Bonchev–Trinajstić information content (AvgIpc) is 1.95. The predicted octanol–water partition coefficient (Wildman–Crippen LogP) is 0.163. The van der Waals surface area contributed by atoms with Crippen LogP contribution in [0.5, 0.6) is 0 Å². The summed E-state index contributed by atoms with van der Waals surface area (Å²) >= 11 is 0.892. The molecule has 0 saturated carbocycles. The van der Waals surface area contributed by atoms with Crippen molar-refractivity contribution in [1.29, 1.82) is 0 Å². The Morgan fingerprint density at radius 1 is 1.33 bits per heavy atom. The molecule has 0 spiro atoms. The lowest BCUT2D eigenvalue weighted by atomic mass is 10.1. The lowest BCUT2D eigenvalue weighted by Gasteiger charge is -2.20. The summed E-state index contributed by atoms with van der Waals surface area (Å²) in [6.45, 7) is 4.26. The molecule has 0 aromatic rings. The van der Waals surface area contributed by atoms with E-state index in [0.717, 1.165) is 18.0 Å². The molecule has 0 heterocycles. The van der Waals surface area contributed by atoms with E-state index in [2.05, 4.69) is 4.72 Å². The van der Waals surface area contributed by atoms with Gasteiger partial charge in [0.25, 0.3) is 0 Å². The van der Waals surface area contributed by atoms with Crippen LogP contribution < -0.4 is 4.72 Å². The van der Waals surface area contributed by atoms with Gasteiger partial charge in [-0.1, -0.05) is 11.8 Å². The second-order valence-electron chi connectivity index (χ2n) is 3.62. The third-order valence-electron chi connectivity index (χ3n) is 1.57. The lowest BCUT2D eigenvalue weighted by molar-refractivity contribution is -0.120. The van der Waals surface area contributed by atoms with E-state index in [1.165, 1.54) is 6.92 Å². The summed E-state index contributed by atoms with van der Waals surface area (Å²) in [6.07, 6.45) is 0.978. The molecule has 1 N–H and O–H groups in total. The molecule has 0 aromatic carbocycles. The lowest BCUT2D eigenvalue weighted by Crippen LogP contribution is -2.39. The summed E-state index contributed by atoms with van der Waals surface area (Å²) in [7, 11) is -3.37. The Labute approximate surface area is 94.1 Å². The van der Waals surface area contributed by atoms with Crippen molar-refractivity contribution >= 4 is 32.7 Å². The second-order valence-corrected chi connectivity index (χ2v) is 7.25. The highest BCUT2D eigenvalue weighted by atomic mass is 32.2. The number of carbonyl (C=O) groups excluding carboxylic acids is 2. The molecule has 0 atom stereocenters. The molecule has 0 aliphatic rings. The average molecular weight is 253 g/mol. The van der Waals surface area contributed by atoms with Crippen LogP contribution in [0.25, 0.3) is 0 Å². The monoisotopic (exact) mass is 253 g/mol. The van der Waals surface area contributed by atoms with Crippen molar-refractivity contribution in [2.45, 2.75) is 25.5 Å². The van der Waals surface area contributed by atoms with Gasteiger partial charge in [0.1, 0.15) is 0 Å². The number of ketones is 1. The summed E-state index contributed by atoms with van der Waals surface area (Å²) in [6, 6.07) is 0. The van der Waals surface area contributed by atoms with E-state index in [0.29, 0.717) is 0 Å². The van der Waals surface area contributed by atoms with Crippen LogP contribution in [-0.4, -0.2) is 36.9 Å². The molecule has 5 nitrogen and oxygen atoms in total. The first-order valence-electron chi connectivity index (χ1n) is 4.22. The highest BCUT2D eigenvalue weighted by Gasteiger charge is 2.30. The van der Waals surface area contributed by atoms with Crippen LogP contribution in [-0.2, 0) is 19.6 Å². The van der Waals surface area contributed by atoms with Gasteiger partial charge in [-0.25, -0.2) is 13.1 Å². The van der Waals surface area contributed by atoms with Gasteiger partial charge in [-0.2, -0.15) is 0 Å². The Morgan fingerprint density at radius 3 is 2.13 bits per heavy atom. The Kier molecular flexibility index (Phi) is 4.95. The molecular formula is C8H15NO4S2. The number of Topliss-reactive ketones (excluding diaryl/α,β-unsaturated/α-hetero) is 1. The fraction of sp³-hybridized carbons (Fsp3) is 0.750. The first-order valence-corrected chi connectivity index (χ1v) is 6.93. The summed E-state index contributed by atoms with van der Waals surface area (Å²) in [5.74, 6) is -0.326. The molecule has 7 heteroatoms. The number of thioether (sulfide) groups is 1. The molecule has 0 fully saturated rings. The molecule has 0 radical (unpaired) electrons. The van der Waals surface area contributed by atoms with E-state index >= 15 is 0 Å². The van der Waals surface area contributed by atoms with E-state index in [-0.39, 0.29) is 17.4 Å². The van der Waals surface area contributed by atoms with Gasteiger partial charge in [-0.3, -0.25) is 9.59 Å². The fourth-order valence-electron chi connectivity index (χ4n) is 0.826. The fourth-order valence-corrected chi connectivity index (χ4v) is 2.12. The maximum absolute atomic E-state index is 11.5. The van der Waals surface area contributed by atoms with E-state index in [1.807, 2.05) is 0 Å². The minimum Gasteiger partial charge on any atom is -0.297 e. The number of carbonyl (C=O) groups is 2. The van der Waals surface area contributed by atoms with Gasteiger partial charge in [0.15, 0.2) is 10.9 Å². The number of sulfonamides is 1. The van der Waals surface area contributed by atoms with Gasteiger partial charge in [-0.15, -0.1) is 0 Å². The third kappa shape index (κ3) is 6.64. The van der Waals surface area contributed by atoms with Gasteiger partial charge in [0.2, 0.25) is 10.0 Å². The minimum absolute atomic E-state index is 0.173. The van der Waals surface area contributed by atoms with Gasteiger partial charge in [0, 0.05) is 6.92 Å². The molecule has 0 bridgehead atoms. The van der Waals surface area contributed by atoms with Crippen molar-refractivity contribution in [3.05, 3.63) is 0 Å². The first kappa shape index (κ1) is 14.6. The van der Waals surface area contributed by atoms with Crippen LogP contribution in [0.15, 0.2) is 0 Å². The van der Waals surface area contributed by atoms with Crippen molar-refractivity contribution in [1.82, 2.24) is 4.72 Å². The van der Waals surface area contributed by atoms with Crippen LogP contribution in [0.3, 0.4) is 0 Å². The molecule has 0 unspecified atom stereocenters. The van der Waals surface area contributed by atoms with Crippen LogP contribution >= 0.6 is 11.8 Å². The highest BCUT2D eigenvalue weighted by molar-refractivity contribution is 8.15. The molecule has 0 aromatic heterocycles. The Hall–Kier alpha value is -0.400. The van der Waals surface area contributed by atoms with Gasteiger partial charge in [0.05, 0.1) is 17.5 Å². The Balaban J connectivity index is 4.38. The van der Waals surface area contributed by atoms with Crippen molar-refractivity contribution < 1.29 is 18.0 Å². The molecular weight excluding hydrogens is 238 g/mol. The topological polar surface area (TPSA) is 80.3 Å². The molecule has 0 amide bonds. The maximum Gasteiger partial charge on any atom is 0.209 e. The van der Waals surface area contributed by atoms with Crippen molar-refractivity contribution in [3.63, 3.8) is 0 Å². The van der Waals surface area contributed by atoms with Crippen molar-refractivity contribution in [2.75, 3.05) is 12.8 Å². The van der Waals surface area contributed by atoms with E-state index in [9.17, 15) is 18.0 Å². The largest absolute Gasteiger partial charge is 0.297 e. The molecule has 88 valence electrons. The van der Waals surface area contributed by atoms with Gasteiger partial charge >= 0.3 is 0 Å². The zero-order chi connectivity index (χ0) is 12.3. The number of hydrogen-bond acceptors (Lipinski definition) is 5. The Morgan fingerprint density at radius 2 is 1.80 bits per heavy atom. The summed E-state index contributed by atoms with van der Waals surface area (Å²) in [4.78, 5) is 22.4. The van der Waals surface area contributed by atoms with E-state index < -0.39 is 14.8 Å². The zero-order valence-corrected chi connectivity index (χ0v) is 10.8. The van der Waals surface area contributed by atoms with Gasteiger partial charge in [-0.05, 0) is 13.8 Å². The molecule has 0 rings (SSSR count). The predicted molar refractivity (Wildman–Crippen MR) is 60.2 cm³/mol. The number of hydrogen-bond donors (Lipinski definition) is 1. The minimum atomic E-state index is -3.37. The van der Waals surface area contributed by atoms with E-state index in [4.69, 9.17) is 0 Å². The van der Waals surface area contributed by atoms with Crippen LogP contribution in [0.4, 0.5) is 0 Å². The molecule has 0 saturated heterocycles. The van der Waals surface area contributed by atoms with Crippen LogP contribution in [0, 0.1) is 0 Å². The SMILES string of the molecule is CC(=O)SC(C)(C)C(=O)CNS(C)(=O)=O. The quantitative estimate of drug-likeness (QED) is 0.755. The number of rotatable bonds is 5. The standard InChI is InChI=1S/C8H15NO4S2/c1-6(10)14-8(2,3)7(11)5-9-15(4,12)13/h9H,5H2,1-4H3. The van der Waals surface area contributed by atoms with Crippen molar-refractivity contribution in [3.8, 4) is 0 Å². The summed E-state index contributed by atoms with van der Waals surface area (Å²) < 4.78 is 22.7. The number of nitrogens with one attached hydrogen (secondary N) is 1.